The molecular formula is C14H7Cl2N3S. The van der Waals surface area contributed by atoms with Gasteiger partial charge in [0.25, 0.3) is 0 Å². The first-order chi connectivity index (χ1) is 9.70. The molecule has 0 spiro atoms. The molecule has 0 amide bonds. The molecule has 6 heteroatoms. The van der Waals surface area contributed by atoms with Crippen LogP contribution in [0.5, 0.6) is 0 Å². The highest BCUT2D eigenvalue weighted by Gasteiger charge is 2.19. The summed E-state index contributed by atoms with van der Waals surface area (Å²) in [7, 11) is 0. The molecule has 0 saturated heterocycles. The van der Waals surface area contributed by atoms with Gasteiger partial charge in [-0.3, -0.25) is 0 Å². The third-order valence-corrected chi connectivity index (χ3v) is 4.80. The lowest BCUT2D eigenvalue weighted by Gasteiger charge is -2.19. The fraction of sp³-hybridized carbons (Fsp3) is 0. The first-order valence-corrected chi connectivity index (χ1v) is 7.49. The van der Waals surface area contributed by atoms with E-state index in [0.29, 0.717) is 10.0 Å². The van der Waals surface area contributed by atoms with Crippen molar-refractivity contribution in [3.8, 4) is 0 Å². The number of aromatic nitrogens is 2. The van der Waals surface area contributed by atoms with Crippen molar-refractivity contribution < 1.29 is 0 Å². The monoisotopic (exact) mass is 319 g/mol. The zero-order valence-electron chi connectivity index (χ0n) is 10.0. The van der Waals surface area contributed by atoms with E-state index in [1.165, 1.54) is 0 Å². The van der Waals surface area contributed by atoms with Crippen LogP contribution in [0.15, 0.2) is 46.3 Å². The van der Waals surface area contributed by atoms with E-state index in [-0.39, 0.29) is 0 Å². The Bertz CT molecular complexity index is 782. The Morgan fingerprint density at radius 3 is 2.45 bits per heavy atom. The number of benzene rings is 2. The molecule has 1 aromatic heterocycles. The summed E-state index contributed by atoms with van der Waals surface area (Å²) in [6, 6.07) is 11.5. The van der Waals surface area contributed by atoms with Gasteiger partial charge in [-0.1, -0.05) is 47.1 Å². The molecule has 98 valence electrons. The largest absolute Gasteiger partial charge is 0.337 e. The Kier molecular flexibility index (Phi) is 2.77. The molecule has 2 heterocycles. The summed E-state index contributed by atoms with van der Waals surface area (Å²) in [5.41, 5.74) is 2.51. The van der Waals surface area contributed by atoms with Crippen LogP contribution in [0, 0.1) is 0 Å². The number of nitrogens with zero attached hydrogens (tertiary/aromatic N) is 2. The van der Waals surface area contributed by atoms with Crippen molar-refractivity contribution in [2.75, 3.05) is 5.32 Å². The zero-order valence-corrected chi connectivity index (χ0v) is 12.4. The van der Waals surface area contributed by atoms with E-state index in [1.54, 1.807) is 23.9 Å². The summed E-state index contributed by atoms with van der Waals surface area (Å²) < 4.78 is 0. The number of anilines is 2. The van der Waals surface area contributed by atoms with Crippen LogP contribution < -0.4 is 5.32 Å². The van der Waals surface area contributed by atoms with Crippen LogP contribution in [-0.2, 0) is 0 Å². The molecule has 0 aliphatic carbocycles. The SMILES string of the molecule is Clc1cc2nc3c(nc2cc1Cl)Sc1ccccc1N3. The van der Waals surface area contributed by atoms with Crippen LogP contribution >= 0.6 is 35.0 Å². The Hall–Kier alpha value is -1.49. The third-order valence-electron chi connectivity index (χ3n) is 3.02. The number of rotatable bonds is 0. The lowest BCUT2D eigenvalue weighted by Crippen LogP contribution is -2.04. The van der Waals surface area contributed by atoms with Crippen molar-refractivity contribution >= 4 is 57.5 Å². The number of hydrogen-bond acceptors (Lipinski definition) is 4. The predicted octanol–water partition coefficient (Wildman–Crippen LogP) is 5.14. The standard InChI is InChI=1S/C14H7Cl2N3S/c15-7-5-10-11(6-8(7)16)19-14-13(18-10)17-9-3-1-2-4-12(9)20-14/h1-6H,(H,17,18). The summed E-state index contributed by atoms with van der Waals surface area (Å²) in [5.74, 6) is 0.750. The van der Waals surface area contributed by atoms with Gasteiger partial charge in [-0.05, 0) is 24.3 Å². The lowest BCUT2D eigenvalue weighted by atomic mass is 10.3. The first kappa shape index (κ1) is 12.3. The number of halogens is 2. The van der Waals surface area contributed by atoms with Gasteiger partial charge in [0.15, 0.2) is 5.82 Å². The molecule has 0 unspecified atom stereocenters. The minimum Gasteiger partial charge on any atom is -0.337 e. The second-order valence-electron chi connectivity index (χ2n) is 4.36. The molecule has 0 saturated carbocycles. The number of nitrogens with one attached hydrogen (secondary N) is 1. The molecule has 3 nitrogen and oxygen atoms in total. The summed E-state index contributed by atoms with van der Waals surface area (Å²) in [6.07, 6.45) is 0. The molecule has 1 aliphatic heterocycles. The Morgan fingerprint density at radius 1 is 0.950 bits per heavy atom. The highest BCUT2D eigenvalue weighted by atomic mass is 35.5. The smallest absolute Gasteiger partial charge is 0.164 e. The van der Waals surface area contributed by atoms with E-state index in [2.05, 4.69) is 21.4 Å². The summed E-state index contributed by atoms with van der Waals surface area (Å²) >= 11 is 13.7. The van der Waals surface area contributed by atoms with Crippen LogP contribution in [0.3, 0.4) is 0 Å². The molecule has 0 fully saturated rings. The van der Waals surface area contributed by atoms with E-state index < -0.39 is 0 Å². The van der Waals surface area contributed by atoms with Crippen LogP contribution in [0.4, 0.5) is 11.5 Å². The van der Waals surface area contributed by atoms with Crippen molar-refractivity contribution in [2.45, 2.75) is 9.92 Å². The van der Waals surface area contributed by atoms with Gasteiger partial charge in [-0.25, -0.2) is 9.97 Å². The van der Waals surface area contributed by atoms with E-state index in [4.69, 9.17) is 23.2 Å². The summed E-state index contributed by atoms with van der Waals surface area (Å²) in [4.78, 5) is 10.3. The fourth-order valence-corrected chi connectivity index (χ4v) is 3.32. The van der Waals surface area contributed by atoms with E-state index in [9.17, 15) is 0 Å². The Balaban J connectivity index is 1.92. The molecular weight excluding hydrogens is 313 g/mol. The third kappa shape index (κ3) is 1.92. The van der Waals surface area contributed by atoms with Gasteiger partial charge in [0, 0.05) is 4.90 Å². The van der Waals surface area contributed by atoms with Crippen molar-refractivity contribution in [1.82, 2.24) is 9.97 Å². The molecule has 0 radical (unpaired) electrons. The number of fused-ring (bicyclic) bond motifs is 3. The molecule has 2 aromatic carbocycles. The maximum atomic E-state index is 6.03. The van der Waals surface area contributed by atoms with Gasteiger partial charge in [0.05, 0.1) is 26.8 Å². The van der Waals surface area contributed by atoms with Gasteiger partial charge in [-0.15, -0.1) is 0 Å². The van der Waals surface area contributed by atoms with Gasteiger partial charge in [-0.2, -0.15) is 0 Å². The van der Waals surface area contributed by atoms with E-state index in [0.717, 1.165) is 32.5 Å². The second-order valence-corrected chi connectivity index (χ2v) is 6.20. The molecule has 0 bridgehead atoms. The van der Waals surface area contributed by atoms with Crippen LogP contribution in [0.2, 0.25) is 10.0 Å². The Morgan fingerprint density at radius 2 is 1.65 bits per heavy atom. The maximum Gasteiger partial charge on any atom is 0.164 e. The topological polar surface area (TPSA) is 37.8 Å². The second kappa shape index (κ2) is 4.52. The van der Waals surface area contributed by atoms with Crippen LogP contribution in [0.1, 0.15) is 0 Å². The van der Waals surface area contributed by atoms with E-state index >= 15 is 0 Å². The summed E-state index contributed by atoms with van der Waals surface area (Å²) in [6.45, 7) is 0. The van der Waals surface area contributed by atoms with Crippen LogP contribution in [0.25, 0.3) is 11.0 Å². The fourth-order valence-electron chi connectivity index (χ4n) is 2.08. The number of para-hydroxylation sites is 1. The zero-order chi connectivity index (χ0) is 13.7. The first-order valence-electron chi connectivity index (χ1n) is 5.91. The summed E-state index contributed by atoms with van der Waals surface area (Å²) in [5, 5.41) is 5.11. The predicted molar refractivity (Wildman–Crippen MR) is 83.4 cm³/mol. The molecule has 3 aromatic rings. The van der Waals surface area contributed by atoms with Crippen molar-refractivity contribution in [3.63, 3.8) is 0 Å². The molecule has 1 N–H and O–H groups in total. The van der Waals surface area contributed by atoms with Crippen molar-refractivity contribution in [2.24, 2.45) is 0 Å². The highest BCUT2D eigenvalue weighted by Crippen LogP contribution is 2.42. The lowest BCUT2D eigenvalue weighted by molar-refractivity contribution is 1.10. The molecule has 4 rings (SSSR count). The van der Waals surface area contributed by atoms with Gasteiger partial charge < -0.3 is 5.32 Å². The van der Waals surface area contributed by atoms with E-state index in [1.807, 2.05) is 18.2 Å². The normalized spacial score (nSPS) is 12.7. The van der Waals surface area contributed by atoms with Gasteiger partial charge in [0.1, 0.15) is 5.03 Å². The molecule has 20 heavy (non-hydrogen) atoms. The maximum absolute atomic E-state index is 6.03. The van der Waals surface area contributed by atoms with Gasteiger partial charge >= 0.3 is 0 Å². The van der Waals surface area contributed by atoms with Crippen molar-refractivity contribution in [1.29, 1.82) is 0 Å². The number of hydrogen-bond donors (Lipinski definition) is 1. The average molecular weight is 320 g/mol. The van der Waals surface area contributed by atoms with Gasteiger partial charge in [0.2, 0.25) is 0 Å². The molecule has 1 aliphatic rings. The quantitative estimate of drug-likeness (QED) is 0.486. The molecule has 0 atom stereocenters. The highest BCUT2D eigenvalue weighted by molar-refractivity contribution is 7.99. The van der Waals surface area contributed by atoms with Crippen LogP contribution in [-0.4, -0.2) is 9.97 Å². The van der Waals surface area contributed by atoms with Crippen molar-refractivity contribution in [3.05, 3.63) is 46.4 Å². The minimum absolute atomic E-state index is 0.484. The minimum atomic E-state index is 0.484. The Labute approximate surface area is 129 Å². The average Bonchev–Trinajstić information content (AvgIpc) is 2.44.